The van der Waals surface area contributed by atoms with Gasteiger partial charge >= 0.3 is 0 Å². The first-order valence-electron chi connectivity index (χ1n) is 7.26. The number of aliphatic hydroxyl groups is 1. The molecule has 0 aliphatic rings. The fourth-order valence-electron chi connectivity index (χ4n) is 1.81. The number of hydrogen-bond donors (Lipinski definition) is 1. The molecule has 0 bridgehead atoms. The van der Waals surface area contributed by atoms with Crippen LogP contribution in [0.1, 0.15) is 25.0 Å². The lowest BCUT2D eigenvalue weighted by Crippen LogP contribution is -2.12. The van der Waals surface area contributed by atoms with Gasteiger partial charge in [-0.1, -0.05) is 56.3 Å². The Bertz CT molecular complexity index is 578. The lowest BCUT2D eigenvalue weighted by Gasteiger charge is -2.10. The molecule has 2 rings (SSSR count). The van der Waals surface area contributed by atoms with Crippen molar-refractivity contribution in [2.75, 3.05) is 0 Å². The zero-order valence-corrected chi connectivity index (χ0v) is 12.9. The van der Waals surface area contributed by atoms with E-state index in [0.717, 1.165) is 16.9 Å². The monoisotopic (exact) mass is 299 g/mol. The summed E-state index contributed by atoms with van der Waals surface area (Å²) in [5.41, 5.74) is 1.93. The maximum atomic E-state index is 9.42. The van der Waals surface area contributed by atoms with Gasteiger partial charge in [0.05, 0.1) is 0 Å². The van der Waals surface area contributed by atoms with Gasteiger partial charge in [0.25, 0.3) is 6.26 Å². The van der Waals surface area contributed by atoms with Gasteiger partial charge < -0.3 is 14.6 Å². The van der Waals surface area contributed by atoms with E-state index in [4.69, 9.17) is 10.00 Å². The van der Waals surface area contributed by atoms with Crippen LogP contribution in [-0.4, -0.2) is 11.4 Å². The Hall–Kier alpha value is -2.51. The molecule has 0 aromatic heterocycles. The second kappa shape index (κ2) is 10.3. The number of aliphatic hydroxyl groups excluding tert-OH is 1. The molecule has 2 aromatic rings. The average molecular weight is 299 g/mol. The third-order valence-corrected chi connectivity index (χ3v) is 2.75. The van der Waals surface area contributed by atoms with E-state index in [-0.39, 0.29) is 6.42 Å². The largest absolute Gasteiger partial charge is 0.489 e. The molecule has 0 fully saturated rings. The first-order chi connectivity index (χ1) is 10.8. The first-order valence-corrected chi connectivity index (χ1v) is 7.26. The molecule has 0 heterocycles. The van der Waals surface area contributed by atoms with Crippen molar-refractivity contribution in [2.45, 2.75) is 33.2 Å². The van der Waals surface area contributed by atoms with Crippen molar-refractivity contribution >= 4 is 0 Å². The van der Waals surface area contributed by atoms with Crippen molar-refractivity contribution in [1.82, 2.24) is 0 Å². The zero-order valence-electron chi connectivity index (χ0n) is 12.9. The molecule has 1 unspecified atom stereocenters. The maximum absolute atomic E-state index is 9.42. The van der Waals surface area contributed by atoms with Gasteiger partial charge in [0.15, 0.2) is 0 Å². The molecule has 4 nitrogen and oxygen atoms in total. The fourth-order valence-corrected chi connectivity index (χ4v) is 1.81. The van der Waals surface area contributed by atoms with Crippen molar-refractivity contribution < 1.29 is 14.6 Å². The second-order valence-corrected chi connectivity index (χ2v) is 4.29. The van der Waals surface area contributed by atoms with Crippen molar-refractivity contribution in [2.24, 2.45) is 0 Å². The Morgan fingerprint density at radius 2 is 1.73 bits per heavy atom. The van der Waals surface area contributed by atoms with Crippen LogP contribution in [0.25, 0.3) is 0 Å². The van der Waals surface area contributed by atoms with Crippen LogP contribution in [0.3, 0.4) is 0 Å². The summed E-state index contributed by atoms with van der Waals surface area (Å²) in [7, 11) is 0. The summed E-state index contributed by atoms with van der Waals surface area (Å²) < 4.78 is 10.1. The molecule has 1 atom stereocenters. The van der Waals surface area contributed by atoms with Gasteiger partial charge in [-0.3, -0.25) is 0 Å². The summed E-state index contributed by atoms with van der Waals surface area (Å²) in [5.74, 6) is 0.718. The molecule has 0 spiro atoms. The minimum Gasteiger partial charge on any atom is -0.489 e. The number of nitrogens with zero attached hydrogens (tertiary/aromatic N) is 1. The highest BCUT2D eigenvalue weighted by atomic mass is 16.6. The molecule has 1 N–H and O–H groups in total. The molecule has 116 valence electrons. The third kappa shape index (κ3) is 6.29. The average Bonchev–Trinajstić information content (AvgIpc) is 2.56. The van der Waals surface area contributed by atoms with Crippen LogP contribution in [0.15, 0.2) is 54.6 Å². The first kappa shape index (κ1) is 17.5. The maximum Gasteiger partial charge on any atom is 0.289 e. The van der Waals surface area contributed by atoms with Crippen LogP contribution in [0, 0.1) is 11.5 Å². The van der Waals surface area contributed by atoms with Gasteiger partial charge in [-0.25, -0.2) is 0 Å². The molecule has 4 heteroatoms. The highest BCUT2D eigenvalue weighted by Crippen LogP contribution is 2.16. The van der Waals surface area contributed by atoms with Crippen LogP contribution < -0.4 is 4.74 Å². The Morgan fingerprint density at radius 1 is 1.05 bits per heavy atom. The van der Waals surface area contributed by atoms with E-state index >= 15 is 0 Å². The van der Waals surface area contributed by atoms with E-state index in [1.807, 2.05) is 68.4 Å². The van der Waals surface area contributed by atoms with Crippen LogP contribution in [0.5, 0.6) is 5.75 Å². The zero-order chi connectivity index (χ0) is 16.2. The summed E-state index contributed by atoms with van der Waals surface area (Å²) in [4.78, 5) is 0. The van der Waals surface area contributed by atoms with Gasteiger partial charge in [0, 0.05) is 6.42 Å². The molecule has 0 radical (unpaired) electrons. The van der Waals surface area contributed by atoms with E-state index < -0.39 is 6.29 Å². The van der Waals surface area contributed by atoms with Gasteiger partial charge in [-0.2, -0.15) is 5.26 Å². The van der Waals surface area contributed by atoms with Crippen molar-refractivity contribution in [3.05, 3.63) is 65.7 Å². The lowest BCUT2D eigenvalue weighted by atomic mass is 10.1. The SMILES string of the molecule is CC.N#COC(O)Cc1cccc(OCc2ccccc2)c1. The third-order valence-electron chi connectivity index (χ3n) is 2.75. The second-order valence-electron chi connectivity index (χ2n) is 4.29. The summed E-state index contributed by atoms with van der Waals surface area (Å²) in [6.07, 6.45) is 0.593. The Kier molecular flexibility index (Phi) is 8.17. The number of rotatable bonds is 6. The number of ether oxygens (including phenoxy) is 2. The normalized spacial score (nSPS) is 10.6. The molecule has 0 aliphatic carbocycles. The highest BCUT2D eigenvalue weighted by Gasteiger charge is 2.06. The van der Waals surface area contributed by atoms with Crippen LogP contribution in [0.4, 0.5) is 0 Å². The molecular formula is C18H21NO3. The molecule has 22 heavy (non-hydrogen) atoms. The number of nitriles is 1. The summed E-state index contributed by atoms with van der Waals surface area (Å²) >= 11 is 0. The van der Waals surface area contributed by atoms with Crippen LogP contribution in [0.2, 0.25) is 0 Å². The van der Waals surface area contributed by atoms with E-state index in [1.54, 1.807) is 0 Å². The topological polar surface area (TPSA) is 62.5 Å². The summed E-state index contributed by atoms with van der Waals surface area (Å²) in [5, 5.41) is 17.7. The van der Waals surface area contributed by atoms with Crippen molar-refractivity contribution in [1.29, 1.82) is 5.26 Å². The lowest BCUT2D eigenvalue weighted by molar-refractivity contribution is -0.0403. The Labute approximate surface area is 131 Å². The van der Waals surface area contributed by atoms with Crippen molar-refractivity contribution in [3.63, 3.8) is 0 Å². The molecule has 0 saturated heterocycles. The fraction of sp³-hybridized carbons (Fsp3) is 0.278. The number of benzene rings is 2. The summed E-state index contributed by atoms with van der Waals surface area (Å²) in [6, 6.07) is 17.2. The van der Waals surface area contributed by atoms with Gasteiger partial charge in [0.1, 0.15) is 12.4 Å². The molecule has 0 saturated carbocycles. The Balaban J connectivity index is 0.00000116. The molecule has 2 aromatic carbocycles. The van der Waals surface area contributed by atoms with Crippen LogP contribution in [-0.2, 0) is 17.8 Å². The standard InChI is InChI=1S/C16H15NO3.C2H6/c17-12-20-16(18)10-14-7-4-8-15(9-14)19-11-13-5-2-1-3-6-13;1-2/h1-9,16,18H,10-11H2;1-2H3. The van der Waals surface area contributed by atoms with E-state index in [9.17, 15) is 5.11 Å². The van der Waals surface area contributed by atoms with E-state index in [0.29, 0.717) is 6.61 Å². The van der Waals surface area contributed by atoms with Gasteiger partial charge in [-0.15, -0.1) is 0 Å². The van der Waals surface area contributed by atoms with E-state index in [1.165, 1.54) is 6.26 Å². The highest BCUT2D eigenvalue weighted by molar-refractivity contribution is 5.29. The molecule has 0 aliphatic heterocycles. The predicted octanol–water partition coefficient (Wildman–Crippen LogP) is 3.65. The van der Waals surface area contributed by atoms with E-state index in [2.05, 4.69) is 4.74 Å². The van der Waals surface area contributed by atoms with Crippen molar-refractivity contribution in [3.8, 4) is 12.0 Å². The van der Waals surface area contributed by atoms with Gasteiger partial charge in [0.2, 0.25) is 6.29 Å². The van der Waals surface area contributed by atoms with Gasteiger partial charge in [-0.05, 0) is 23.3 Å². The molecular weight excluding hydrogens is 278 g/mol. The molecule has 0 amide bonds. The smallest absolute Gasteiger partial charge is 0.289 e. The summed E-state index contributed by atoms with van der Waals surface area (Å²) in [6.45, 7) is 4.49. The quantitative estimate of drug-likeness (QED) is 0.653. The minimum absolute atomic E-state index is 0.246. The minimum atomic E-state index is -1.12. The number of hydrogen-bond acceptors (Lipinski definition) is 4. The predicted molar refractivity (Wildman–Crippen MR) is 85.0 cm³/mol. The van der Waals surface area contributed by atoms with Crippen LogP contribution >= 0.6 is 0 Å². The Morgan fingerprint density at radius 3 is 2.41 bits per heavy atom.